The zero-order valence-electron chi connectivity index (χ0n) is 15.9. The van der Waals surface area contributed by atoms with Gasteiger partial charge in [0.15, 0.2) is 0 Å². The third kappa shape index (κ3) is 8.11. The van der Waals surface area contributed by atoms with Crippen molar-refractivity contribution in [2.45, 2.75) is 35.5 Å². The fourth-order valence-corrected chi connectivity index (χ4v) is 3.39. The number of hydrogen-bond donors (Lipinski definition) is 3. The molecule has 0 heterocycles. The molecule has 0 saturated carbocycles. The van der Waals surface area contributed by atoms with Crippen LogP contribution in [0, 0.1) is 11.3 Å². The highest BCUT2D eigenvalue weighted by Gasteiger charge is 2.09. The average molecular weight is 410 g/mol. The summed E-state index contributed by atoms with van der Waals surface area (Å²) in [7, 11) is 0. The van der Waals surface area contributed by atoms with Gasteiger partial charge in [-0.1, -0.05) is 48.5 Å². The molecule has 6 nitrogen and oxygen atoms in total. The minimum atomic E-state index is -0.819. The Hall–Kier alpha value is -3.24. The van der Waals surface area contributed by atoms with Crippen molar-refractivity contribution in [3.8, 4) is 6.07 Å². The Balaban J connectivity index is 1.91. The third-order valence-corrected chi connectivity index (χ3v) is 5.03. The molecule has 2 aromatic carbocycles. The molecule has 0 spiro atoms. The number of carbonyl (C=O) groups excluding carboxylic acids is 1. The van der Waals surface area contributed by atoms with E-state index >= 15 is 0 Å². The fraction of sp³-hybridized carbons (Fsp3) is 0.227. The van der Waals surface area contributed by atoms with E-state index < -0.39 is 11.9 Å². The van der Waals surface area contributed by atoms with Gasteiger partial charge in [0.2, 0.25) is 0 Å². The largest absolute Gasteiger partial charge is 0.481 e. The van der Waals surface area contributed by atoms with E-state index in [0.717, 1.165) is 15.5 Å². The van der Waals surface area contributed by atoms with Crippen molar-refractivity contribution in [3.63, 3.8) is 0 Å². The minimum Gasteiger partial charge on any atom is -0.481 e. The summed E-state index contributed by atoms with van der Waals surface area (Å²) in [5.74, 6) is -1.27. The number of rotatable bonds is 11. The lowest BCUT2D eigenvalue weighted by atomic mass is 10.2. The van der Waals surface area contributed by atoms with E-state index in [0.29, 0.717) is 25.8 Å². The van der Waals surface area contributed by atoms with Crippen LogP contribution in [-0.2, 0) is 9.59 Å². The Morgan fingerprint density at radius 2 is 1.76 bits per heavy atom. The first-order valence-electron chi connectivity index (χ1n) is 9.29. The Kier molecular flexibility index (Phi) is 9.33. The number of carbonyl (C=O) groups is 2. The van der Waals surface area contributed by atoms with Gasteiger partial charge in [-0.2, -0.15) is 5.26 Å². The molecule has 1 amide bonds. The van der Waals surface area contributed by atoms with Crippen molar-refractivity contribution >= 4 is 29.3 Å². The predicted octanol–water partition coefficient (Wildman–Crippen LogP) is 4.42. The number of carboxylic acid groups (broad SMARTS) is 1. The Bertz CT molecular complexity index is 892. The third-order valence-electron chi connectivity index (χ3n) is 3.95. The average Bonchev–Trinajstić information content (AvgIpc) is 2.72. The highest BCUT2D eigenvalue weighted by Crippen LogP contribution is 2.33. The number of benzene rings is 2. The van der Waals surface area contributed by atoms with Crippen molar-refractivity contribution in [1.29, 1.82) is 5.26 Å². The molecule has 0 aliphatic heterocycles. The Morgan fingerprint density at radius 1 is 1.03 bits per heavy atom. The summed E-state index contributed by atoms with van der Waals surface area (Å²) >= 11 is 1.59. The molecule has 0 radical (unpaired) electrons. The summed E-state index contributed by atoms with van der Waals surface area (Å²) in [6.45, 7) is 0.401. The van der Waals surface area contributed by atoms with Gasteiger partial charge in [-0.3, -0.25) is 9.59 Å². The zero-order valence-corrected chi connectivity index (χ0v) is 16.7. The van der Waals surface area contributed by atoms with Crippen LogP contribution in [0.25, 0.3) is 0 Å². The Labute approximate surface area is 174 Å². The normalized spacial score (nSPS) is 10.8. The molecule has 2 rings (SSSR count). The first-order valence-corrected chi connectivity index (χ1v) is 10.1. The smallest absolute Gasteiger partial charge is 0.303 e. The van der Waals surface area contributed by atoms with Gasteiger partial charge in [0, 0.05) is 29.0 Å². The number of anilines is 1. The number of nitriles is 1. The van der Waals surface area contributed by atoms with Crippen molar-refractivity contribution in [2.75, 3.05) is 11.9 Å². The van der Waals surface area contributed by atoms with E-state index in [4.69, 9.17) is 5.11 Å². The highest BCUT2D eigenvalue weighted by atomic mass is 32.2. The number of nitrogens with one attached hydrogen (secondary N) is 2. The molecule has 0 saturated heterocycles. The van der Waals surface area contributed by atoms with Crippen LogP contribution in [0.1, 0.15) is 25.7 Å². The number of carboxylic acids is 1. The van der Waals surface area contributed by atoms with Gasteiger partial charge < -0.3 is 15.7 Å². The molecule has 0 fully saturated rings. The maximum atomic E-state index is 12.2. The quantitative estimate of drug-likeness (QED) is 0.288. The van der Waals surface area contributed by atoms with Crippen LogP contribution >= 0.6 is 11.8 Å². The van der Waals surface area contributed by atoms with Gasteiger partial charge in [-0.15, -0.1) is 0 Å². The topological polar surface area (TPSA) is 102 Å². The number of nitrogens with zero attached hydrogens (tertiary/aromatic N) is 1. The van der Waals surface area contributed by atoms with Crippen LogP contribution in [0.4, 0.5) is 5.69 Å². The van der Waals surface area contributed by atoms with Crippen LogP contribution in [0.5, 0.6) is 0 Å². The molecular weight excluding hydrogens is 386 g/mol. The van der Waals surface area contributed by atoms with E-state index in [2.05, 4.69) is 10.6 Å². The molecule has 150 valence electrons. The van der Waals surface area contributed by atoms with Crippen LogP contribution < -0.4 is 10.6 Å². The van der Waals surface area contributed by atoms with E-state index in [1.807, 2.05) is 60.7 Å². The summed E-state index contributed by atoms with van der Waals surface area (Å²) in [6.07, 6.45) is 3.48. The SMILES string of the molecule is N#C/C(=C/Nc1ccccc1Sc1ccccc1)C(=O)NCCCCCC(=O)O. The maximum Gasteiger partial charge on any atom is 0.303 e. The molecular formula is C22H23N3O3S. The standard InChI is InChI=1S/C22H23N3O3S/c23-15-17(22(28)24-14-8-2-5-13-21(26)27)16-25-19-11-6-7-12-20(19)29-18-9-3-1-4-10-18/h1,3-4,6-7,9-12,16,25H,2,5,8,13-14H2,(H,24,28)(H,26,27)/b17-16-. The fourth-order valence-electron chi connectivity index (χ4n) is 2.46. The molecule has 0 aliphatic rings. The predicted molar refractivity (Wildman–Crippen MR) is 113 cm³/mol. The summed E-state index contributed by atoms with van der Waals surface area (Å²) in [5, 5.41) is 23.6. The van der Waals surface area contributed by atoms with E-state index in [1.54, 1.807) is 11.8 Å². The van der Waals surface area contributed by atoms with Crippen LogP contribution in [0.15, 0.2) is 76.2 Å². The summed E-state index contributed by atoms with van der Waals surface area (Å²) in [5.41, 5.74) is 0.783. The maximum absolute atomic E-state index is 12.2. The van der Waals surface area contributed by atoms with E-state index in [-0.39, 0.29) is 12.0 Å². The number of unbranched alkanes of at least 4 members (excludes halogenated alkanes) is 2. The van der Waals surface area contributed by atoms with Crippen LogP contribution in [0.3, 0.4) is 0 Å². The van der Waals surface area contributed by atoms with Gasteiger partial charge in [0.1, 0.15) is 11.6 Å². The van der Waals surface area contributed by atoms with Crippen molar-refractivity contribution in [1.82, 2.24) is 5.32 Å². The van der Waals surface area contributed by atoms with Crippen LogP contribution in [-0.4, -0.2) is 23.5 Å². The molecule has 3 N–H and O–H groups in total. The van der Waals surface area contributed by atoms with E-state index in [9.17, 15) is 14.9 Å². The molecule has 7 heteroatoms. The molecule has 0 atom stereocenters. The second-order valence-electron chi connectivity index (χ2n) is 6.19. The lowest BCUT2D eigenvalue weighted by Gasteiger charge is -2.09. The summed E-state index contributed by atoms with van der Waals surface area (Å²) in [4.78, 5) is 24.7. The van der Waals surface area contributed by atoms with Crippen LogP contribution in [0.2, 0.25) is 0 Å². The minimum absolute atomic E-state index is 0.0185. The second-order valence-corrected chi connectivity index (χ2v) is 7.30. The highest BCUT2D eigenvalue weighted by molar-refractivity contribution is 7.99. The van der Waals surface area contributed by atoms with Crippen molar-refractivity contribution in [3.05, 3.63) is 66.4 Å². The lowest BCUT2D eigenvalue weighted by Crippen LogP contribution is -2.26. The molecule has 29 heavy (non-hydrogen) atoms. The molecule has 2 aromatic rings. The lowest BCUT2D eigenvalue weighted by molar-refractivity contribution is -0.137. The van der Waals surface area contributed by atoms with Gasteiger partial charge >= 0.3 is 5.97 Å². The number of amides is 1. The Morgan fingerprint density at radius 3 is 2.48 bits per heavy atom. The van der Waals surface area contributed by atoms with Crippen molar-refractivity contribution in [2.24, 2.45) is 0 Å². The number of para-hydroxylation sites is 1. The zero-order chi connectivity index (χ0) is 20.9. The number of aliphatic carboxylic acids is 1. The van der Waals surface area contributed by atoms with Gasteiger partial charge in [-0.25, -0.2) is 0 Å². The second kappa shape index (κ2) is 12.3. The van der Waals surface area contributed by atoms with Gasteiger partial charge in [0.25, 0.3) is 5.91 Å². The molecule has 0 bridgehead atoms. The molecule has 0 unspecified atom stereocenters. The molecule has 0 aliphatic carbocycles. The van der Waals surface area contributed by atoms with E-state index in [1.165, 1.54) is 6.20 Å². The molecule has 0 aromatic heterocycles. The first kappa shape index (κ1) is 22.1. The van der Waals surface area contributed by atoms with Crippen molar-refractivity contribution < 1.29 is 14.7 Å². The monoisotopic (exact) mass is 409 g/mol. The summed E-state index contributed by atoms with van der Waals surface area (Å²) in [6, 6.07) is 19.5. The number of hydrogen-bond acceptors (Lipinski definition) is 5. The van der Waals surface area contributed by atoms with Gasteiger partial charge in [0.05, 0.1) is 5.69 Å². The van der Waals surface area contributed by atoms with Gasteiger partial charge in [-0.05, 0) is 37.1 Å². The summed E-state index contributed by atoms with van der Waals surface area (Å²) < 4.78 is 0. The first-order chi connectivity index (χ1) is 14.1.